The molecule has 0 aromatic heterocycles. The van der Waals surface area contributed by atoms with Gasteiger partial charge in [0.25, 0.3) is 0 Å². The Labute approximate surface area is 106 Å². The molecule has 0 bridgehead atoms. The molecule has 1 aliphatic carbocycles. The second-order valence-electron chi connectivity index (χ2n) is 5.87. The second kappa shape index (κ2) is 4.81. The summed E-state index contributed by atoms with van der Waals surface area (Å²) in [5.74, 6) is 0. The summed E-state index contributed by atoms with van der Waals surface area (Å²) < 4.78 is 0. The van der Waals surface area contributed by atoms with E-state index in [0.717, 1.165) is 13.0 Å². The molecule has 1 atom stereocenters. The Morgan fingerprint density at radius 2 is 2.06 bits per heavy atom. The summed E-state index contributed by atoms with van der Waals surface area (Å²) in [6, 6.07) is 7.62. The van der Waals surface area contributed by atoms with Crippen molar-refractivity contribution >= 4 is 0 Å². The highest BCUT2D eigenvalue weighted by atomic mass is 14.9. The summed E-state index contributed by atoms with van der Waals surface area (Å²) in [6.45, 7) is 10.3. The number of aryl methyl sites for hydroxylation is 1. The predicted molar refractivity (Wildman–Crippen MR) is 74.5 cm³/mol. The molecule has 0 amide bonds. The zero-order valence-corrected chi connectivity index (χ0v) is 11.6. The van der Waals surface area contributed by atoms with Crippen LogP contribution in [0.4, 0.5) is 0 Å². The summed E-state index contributed by atoms with van der Waals surface area (Å²) in [5, 5.41) is 3.69. The van der Waals surface area contributed by atoms with Crippen LogP contribution in [0.3, 0.4) is 0 Å². The third-order valence-electron chi connectivity index (χ3n) is 3.98. The molecule has 94 valence electrons. The lowest BCUT2D eigenvalue weighted by Gasteiger charge is -2.19. The molecule has 1 nitrogen and oxygen atoms in total. The quantitative estimate of drug-likeness (QED) is 0.826. The number of benzene rings is 1. The van der Waals surface area contributed by atoms with E-state index in [1.165, 1.54) is 18.4 Å². The molecule has 1 aliphatic rings. The lowest BCUT2D eigenvalue weighted by atomic mass is 9.86. The van der Waals surface area contributed by atoms with Gasteiger partial charge in [-0.2, -0.15) is 0 Å². The first kappa shape index (κ1) is 12.6. The van der Waals surface area contributed by atoms with Crippen molar-refractivity contribution in [1.29, 1.82) is 0 Å². The molecule has 1 heteroatoms. The van der Waals surface area contributed by atoms with Gasteiger partial charge in [0.15, 0.2) is 0 Å². The van der Waals surface area contributed by atoms with Crippen molar-refractivity contribution in [1.82, 2.24) is 5.32 Å². The van der Waals surface area contributed by atoms with Crippen molar-refractivity contribution in [2.24, 2.45) is 0 Å². The molecule has 1 aromatic rings. The average molecular weight is 231 g/mol. The number of nitrogens with one attached hydrogen (secondary N) is 1. The molecule has 0 heterocycles. The fourth-order valence-electron chi connectivity index (χ4n) is 2.97. The summed E-state index contributed by atoms with van der Waals surface area (Å²) >= 11 is 0. The van der Waals surface area contributed by atoms with Crippen molar-refractivity contribution in [3.8, 4) is 0 Å². The normalized spacial score (nSPS) is 21.5. The maximum absolute atomic E-state index is 3.69. The molecule has 1 aromatic carbocycles. The molecule has 0 radical (unpaired) electrons. The van der Waals surface area contributed by atoms with E-state index >= 15 is 0 Å². The first-order valence-corrected chi connectivity index (χ1v) is 6.95. The largest absolute Gasteiger partial charge is 0.310 e. The maximum Gasteiger partial charge on any atom is 0.0331 e. The number of hydrogen-bond acceptors (Lipinski definition) is 1. The fourth-order valence-corrected chi connectivity index (χ4v) is 2.97. The molecule has 0 saturated heterocycles. The summed E-state index contributed by atoms with van der Waals surface area (Å²) in [7, 11) is 0. The first-order valence-electron chi connectivity index (χ1n) is 6.95. The van der Waals surface area contributed by atoms with E-state index < -0.39 is 0 Å². The molecule has 0 aliphatic heterocycles. The van der Waals surface area contributed by atoms with Crippen molar-refractivity contribution in [3.05, 3.63) is 34.9 Å². The van der Waals surface area contributed by atoms with Crippen molar-refractivity contribution in [3.63, 3.8) is 0 Å². The zero-order valence-electron chi connectivity index (χ0n) is 11.6. The maximum atomic E-state index is 3.69. The Balaban J connectivity index is 2.32. The van der Waals surface area contributed by atoms with Crippen molar-refractivity contribution in [2.45, 2.75) is 58.4 Å². The highest BCUT2D eigenvalue weighted by Crippen LogP contribution is 2.44. The van der Waals surface area contributed by atoms with Gasteiger partial charge in [0.05, 0.1) is 0 Å². The average Bonchev–Trinajstić information content (AvgIpc) is 2.58. The van der Waals surface area contributed by atoms with Crippen LogP contribution < -0.4 is 5.32 Å². The Morgan fingerprint density at radius 1 is 1.29 bits per heavy atom. The van der Waals surface area contributed by atoms with E-state index in [1.807, 2.05) is 0 Å². The van der Waals surface area contributed by atoms with E-state index in [-0.39, 0.29) is 0 Å². The van der Waals surface area contributed by atoms with Gasteiger partial charge in [0.2, 0.25) is 0 Å². The van der Waals surface area contributed by atoms with E-state index in [0.29, 0.717) is 11.5 Å². The second-order valence-corrected chi connectivity index (χ2v) is 5.87. The minimum Gasteiger partial charge on any atom is -0.310 e. The highest BCUT2D eigenvalue weighted by molar-refractivity contribution is 5.43. The van der Waals surface area contributed by atoms with Gasteiger partial charge in [-0.25, -0.2) is 0 Å². The third kappa shape index (κ3) is 2.40. The lowest BCUT2D eigenvalue weighted by molar-refractivity contribution is 0.427. The Hall–Kier alpha value is -0.820. The highest BCUT2D eigenvalue weighted by Gasteiger charge is 2.36. The zero-order chi connectivity index (χ0) is 12.5. The molecule has 2 rings (SSSR count). The lowest BCUT2D eigenvalue weighted by Crippen LogP contribution is -2.22. The first-order chi connectivity index (χ1) is 8.08. The van der Waals surface area contributed by atoms with Crippen LogP contribution >= 0.6 is 0 Å². The molecule has 0 saturated carbocycles. The Bertz CT molecular complexity index is 393. The summed E-state index contributed by atoms with van der Waals surface area (Å²) in [4.78, 5) is 0. The summed E-state index contributed by atoms with van der Waals surface area (Å²) in [6.07, 6.45) is 3.57. The van der Waals surface area contributed by atoms with Crippen LogP contribution in [0.15, 0.2) is 18.2 Å². The van der Waals surface area contributed by atoms with Crippen LogP contribution in [-0.2, 0) is 11.8 Å². The van der Waals surface area contributed by atoms with Crippen LogP contribution in [0.2, 0.25) is 0 Å². The van der Waals surface area contributed by atoms with Gasteiger partial charge < -0.3 is 5.32 Å². The molecular formula is C16H25N. The SMILES string of the molecule is CCCNC1CC(C)(C)c2ccc(CC)cc21. The van der Waals surface area contributed by atoms with Crippen LogP contribution in [0.1, 0.15) is 63.3 Å². The van der Waals surface area contributed by atoms with Gasteiger partial charge in [0, 0.05) is 6.04 Å². The van der Waals surface area contributed by atoms with Gasteiger partial charge in [0.1, 0.15) is 0 Å². The van der Waals surface area contributed by atoms with Gasteiger partial charge in [-0.05, 0) is 47.9 Å². The van der Waals surface area contributed by atoms with Gasteiger partial charge in [-0.15, -0.1) is 0 Å². The Kier molecular flexibility index (Phi) is 3.58. The summed E-state index contributed by atoms with van der Waals surface area (Å²) in [5.41, 5.74) is 4.88. The van der Waals surface area contributed by atoms with Gasteiger partial charge >= 0.3 is 0 Å². The van der Waals surface area contributed by atoms with Crippen molar-refractivity contribution < 1.29 is 0 Å². The fraction of sp³-hybridized carbons (Fsp3) is 0.625. The number of rotatable bonds is 4. The van der Waals surface area contributed by atoms with Gasteiger partial charge in [-0.3, -0.25) is 0 Å². The monoisotopic (exact) mass is 231 g/mol. The number of hydrogen-bond donors (Lipinski definition) is 1. The minimum atomic E-state index is 0.326. The molecule has 0 fully saturated rings. The van der Waals surface area contributed by atoms with E-state index in [9.17, 15) is 0 Å². The molecule has 0 spiro atoms. The molecule has 1 unspecified atom stereocenters. The smallest absolute Gasteiger partial charge is 0.0331 e. The van der Waals surface area contributed by atoms with E-state index in [1.54, 1.807) is 11.1 Å². The molecular weight excluding hydrogens is 206 g/mol. The van der Waals surface area contributed by atoms with E-state index in [2.05, 4.69) is 51.2 Å². The molecule has 17 heavy (non-hydrogen) atoms. The van der Waals surface area contributed by atoms with Crippen LogP contribution in [0, 0.1) is 0 Å². The van der Waals surface area contributed by atoms with Crippen LogP contribution in [0.5, 0.6) is 0 Å². The van der Waals surface area contributed by atoms with Crippen LogP contribution in [0.25, 0.3) is 0 Å². The third-order valence-corrected chi connectivity index (χ3v) is 3.98. The Morgan fingerprint density at radius 3 is 2.71 bits per heavy atom. The molecule has 1 N–H and O–H groups in total. The minimum absolute atomic E-state index is 0.326. The van der Waals surface area contributed by atoms with E-state index in [4.69, 9.17) is 0 Å². The van der Waals surface area contributed by atoms with Crippen LogP contribution in [-0.4, -0.2) is 6.54 Å². The number of fused-ring (bicyclic) bond motifs is 1. The topological polar surface area (TPSA) is 12.0 Å². The van der Waals surface area contributed by atoms with Gasteiger partial charge in [-0.1, -0.05) is 45.9 Å². The van der Waals surface area contributed by atoms with Crippen molar-refractivity contribution in [2.75, 3.05) is 6.54 Å². The standard InChI is InChI=1S/C16H25N/c1-5-9-17-15-11-16(3,4)14-8-7-12(6-2)10-13(14)15/h7-8,10,15,17H,5-6,9,11H2,1-4H3. The predicted octanol–water partition coefficient (Wildman–Crippen LogP) is 3.97.